The first-order chi connectivity index (χ1) is 11.3. The Hall–Kier alpha value is -1.82. The Labute approximate surface area is 137 Å². The molecule has 0 spiro atoms. The van der Waals surface area contributed by atoms with Gasteiger partial charge in [-0.3, -0.25) is 0 Å². The van der Waals surface area contributed by atoms with E-state index < -0.39 is 0 Å². The summed E-state index contributed by atoms with van der Waals surface area (Å²) in [5.74, 6) is 0.649. The number of pyridine rings is 1. The number of hydrogen-bond donors (Lipinski definition) is 2. The minimum atomic E-state index is -0.171. The molecular weight excluding hydrogens is 294 g/mol. The first-order valence-electron chi connectivity index (χ1n) is 8.54. The minimum absolute atomic E-state index is 0.160. The third kappa shape index (κ3) is 5.10. The second-order valence-corrected chi connectivity index (χ2v) is 6.23. The number of nitrogens with one attached hydrogen (secondary N) is 2. The Balaban J connectivity index is 1.41. The summed E-state index contributed by atoms with van der Waals surface area (Å²) >= 11 is 0. The molecule has 0 aromatic carbocycles. The van der Waals surface area contributed by atoms with Crippen LogP contribution in [0.1, 0.15) is 44.1 Å². The largest absolute Gasteiger partial charge is 0.474 e. The molecule has 1 aliphatic heterocycles. The fraction of sp³-hybridized carbons (Fsp3) is 0.647. The number of carbonyl (C=O) groups excluding carboxylic acids is 1. The number of amides is 2. The van der Waals surface area contributed by atoms with Gasteiger partial charge in [0.25, 0.3) is 0 Å². The van der Waals surface area contributed by atoms with Crippen molar-refractivity contribution in [1.29, 1.82) is 0 Å². The lowest BCUT2D eigenvalue weighted by molar-refractivity contribution is 0.111. The van der Waals surface area contributed by atoms with Gasteiger partial charge in [-0.05, 0) is 50.2 Å². The zero-order valence-electron chi connectivity index (χ0n) is 13.4. The quantitative estimate of drug-likeness (QED) is 0.844. The fourth-order valence-electron chi connectivity index (χ4n) is 3.06. The number of nitrogens with zero attached hydrogens (tertiary/aromatic N) is 1. The number of ether oxygens (including phenoxy) is 2. The molecule has 1 aliphatic carbocycles. The molecule has 23 heavy (non-hydrogen) atoms. The fourth-order valence-corrected chi connectivity index (χ4v) is 3.06. The van der Waals surface area contributed by atoms with E-state index in [4.69, 9.17) is 9.47 Å². The summed E-state index contributed by atoms with van der Waals surface area (Å²) in [4.78, 5) is 16.1. The molecule has 0 unspecified atom stereocenters. The molecule has 1 saturated heterocycles. The average Bonchev–Trinajstić information content (AvgIpc) is 3.25. The van der Waals surface area contributed by atoms with E-state index in [2.05, 4.69) is 15.6 Å². The Kier molecular flexibility index (Phi) is 5.69. The SMILES string of the molecule is O=C(NCc1ccnc(OC2CCCC2)c1)NC[C@H]1CCCO1. The lowest BCUT2D eigenvalue weighted by Crippen LogP contribution is -2.39. The summed E-state index contributed by atoms with van der Waals surface area (Å²) in [5.41, 5.74) is 0.986. The van der Waals surface area contributed by atoms with Crippen molar-refractivity contribution in [2.45, 2.75) is 57.3 Å². The first-order valence-corrected chi connectivity index (χ1v) is 8.54. The smallest absolute Gasteiger partial charge is 0.315 e. The summed E-state index contributed by atoms with van der Waals surface area (Å²) in [6, 6.07) is 3.62. The van der Waals surface area contributed by atoms with Crippen LogP contribution in [0, 0.1) is 0 Å². The van der Waals surface area contributed by atoms with Gasteiger partial charge in [0.2, 0.25) is 5.88 Å². The van der Waals surface area contributed by atoms with E-state index in [1.807, 2.05) is 12.1 Å². The Morgan fingerprint density at radius 2 is 2.13 bits per heavy atom. The predicted molar refractivity (Wildman–Crippen MR) is 86.3 cm³/mol. The summed E-state index contributed by atoms with van der Waals surface area (Å²) in [6.07, 6.45) is 8.96. The van der Waals surface area contributed by atoms with Gasteiger partial charge in [0.1, 0.15) is 6.10 Å². The van der Waals surface area contributed by atoms with Gasteiger partial charge in [0.05, 0.1) is 6.10 Å². The van der Waals surface area contributed by atoms with Crippen LogP contribution >= 0.6 is 0 Å². The van der Waals surface area contributed by atoms with Crippen molar-refractivity contribution in [3.63, 3.8) is 0 Å². The van der Waals surface area contributed by atoms with E-state index >= 15 is 0 Å². The van der Waals surface area contributed by atoms with E-state index in [1.165, 1.54) is 12.8 Å². The highest BCUT2D eigenvalue weighted by atomic mass is 16.5. The van der Waals surface area contributed by atoms with Gasteiger partial charge in [-0.1, -0.05) is 0 Å². The molecule has 2 aliphatic rings. The van der Waals surface area contributed by atoms with Crippen molar-refractivity contribution in [3.8, 4) is 5.88 Å². The Morgan fingerprint density at radius 3 is 2.91 bits per heavy atom. The summed E-state index contributed by atoms with van der Waals surface area (Å²) in [6.45, 7) is 1.83. The molecule has 1 aromatic heterocycles. The van der Waals surface area contributed by atoms with Gasteiger partial charge in [0, 0.05) is 32.0 Å². The summed E-state index contributed by atoms with van der Waals surface area (Å²) in [7, 11) is 0. The third-order valence-electron chi connectivity index (χ3n) is 4.36. The van der Waals surface area contributed by atoms with Crippen molar-refractivity contribution in [2.24, 2.45) is 0 Å². The second-order valence-electron chi connectivity index (χ2n) is 6.23. The van der Waals surface area contributed by atoms with E-state index in [0.717, 1.165) is 37.9 Å². The van der Waals surface area contributed by atoms with Crippen LogP contribution in [0.5, 0.6) is 5.88 Å². The number of rotatable bonds is 6. The van der Waals surface area contributed by atoms with Gasteiger partial charge in [-0.25, -0.2) is 9.78 Å². The molecule has 2 N–H and O–H groups in total. The average molecular weight is 319 g/mol. The van der Waals surface area contributed by atoms with Crippen LogP contribution in [0.3, 0.4) is 0 Å². The van der Waals surface area contributed by atoms with Crippen molar-refractivity contribution < 1.29 is 14.3 Å². The number of carbonyl (C=O) groups is 1. The predicted octanol–water partition coefficient (Wildman–Crippen LogP) is 2.38. The molecule has 1 aromatic rings. The van der Waals surface area contributed by atoms with Crippen LogP contribution in [0.4, 0.5) is 4.79 Å². The highest BCUT2D eigenvalue weighted by molar-refractivity contribution is 5.73. The van der Waals surface area contributed by atoms with Crippen molar-refractivity contribution >= 4 is 6.03 Å². The number of aromatic nitrogens is 1. The van der Waals surface area contributed by atoms with E-state index in [0.29, 0.717) is 25.1 Å². The lowest BCUT2D eigenvalue weighted by atomic mass is 10.2. The van der Waals surface area contributed by atoms with Gasteiger partial charge in [0.15, 0.2) is 0 Å². The van der Waals surface area contributed by atoms with Gasteiger partial charge in [-0.2, -0.15) is 0 Å². The van der Waals surface area contributed by atoms with Crippen LogP contribution in [-0.2, 0) is 11.3 Å². The maximum absolute atomic E-state index is 11.8. The molecule has 0 radical (unpaired) electrons. The molecule has 2 fully saturated rings. The van der Waals surface area contributed by atoms with Crippen molar-refractivity contribution in [3.05, 3.63) is 23.9 Å². The van der Waals surface area contributed by atoms with E-state index in [9.17, 15) is 4.79 Å². The zero-order chi connectivity index (χ0) is 15.9. The molecule has 2 heterocycles. The highest BCUT2D eigenvalue weighted by Crippen LogP contribution is 2.23. The molecule has 6 heteroatoms. The number of hydrogen-bond acceptors (Lipinski definition) is 4. The first kappa shape index (κ1) is 16.1. The number of urea groups is 1. The van der Waals surface area contributed by atoms with E-state index in [1.54, 1.807) is 6.20 Å². The molecule has 3 rings (SSSR count). The lowest BCUT2D eigenvalue weighted by Gasteiger charge is -2.13. The maximum atomic E-state index is 11.8. The maximum Gasteiger partial charge on any atom is 0.315 e. The minimum Gasteiger partial charge on any atom is -0.474 e. The van der Waals surface area contributed by atoms with Crippen molar-refractivity contribution in [1.82, 2.24) is 15.6 Å². The van der Waals surface area contributed by atoms with Crippen LogP contribution in [0.15, 0.2) is 18.3 Å². The highest BCUT2D eigenvalue weighted by Gasteiger charge is 2.17. The molecule has 126 valence electrons. The second kappa shape index (κ2) is 8.15. The molecule has 1 atom stereocenters. The van der Waals surface area contributed by atoms with Gasteiger partial charge >= 0.3 is 6.03 Å². The van der Waals surface area contributed by atoms with Crippen LogP contribution in [0.2, 0.25) is 0 Å². The van der Waals surface area contributed by atoms with E-state index in [-0.39, 0.29) is 12.1 Å². The monoisotopic (exact) mass is 319 g/mol. The Bertz CT molecular complexity index is 512. The summed E-state index contributed by atoms with van der Waals surface area (Å²) < 4.78 is 11.4. The van der Waals surface area contributed by atoms with Gasteiger partial charge in [-0.15, -0.1) is 0 Å². The third-order valence-corrected chi connectivity index (χ3v) is 4.36. The zero-order valence-corrected chi connectivity index (χ0v) is 13.4. The molecule has 6 nitrogen and oxygen atoms in total. The molecule has 1 saturated carbocycles. The summed E-state index contributed by atoms with van der Waals surface area (Å²) in [5, 5.41) is 5.70. The Morgan fingerprint density at radius 1 is 1.26 bits per heavy atom. The van der Waals surface area contributed by atoms with Crippen LogP contribution < -0.4 is 15.4 Å². The molecular formula is C17H25N3O3. The topological polar surface area (TPSA) is 72.5 Å². The molecule has 0 bridgehead atoms. The van der Waals surface area contributed by atoms with Crippen LogP contribution in [0.25, 0.3) is 0 Å². The van der Waals surface area contributed by atoms with Crippen molar-refractivity contribution in [2.75, 3.05) is 13.2 Å². The molecule has 2 amide bonds. The van der Waals surface area contributed by atoms with Crippen LogP contribution in [-0.4, -0.2) is 36.4 Å². The van der Waals surface area contributed by atoms with Gasteiger partial charge < -0.3 is 20.1 Å². The standard InChI is InChI=1S/C17H25N3O3/c21-17(20-12-15-6-3-9-22-15)19-11-13-7-8-18-16(10-13)23-14-4-1-2-5-14/h7-8,10,14-15H,1-6,9,11-12H2,(H2,19,20,21)/t15-/m1/s1. The normalized spacial score (nSPS) is 21.3.